The maximum atomic E-state index is 11.5. The summed E-state index contributed by atoms with van der Waals surface area (Å²) in [6.07, 6.45) is 1.88. The van der Waals surface area contributed by atoms with E-state index < -0.39 is 12.0 Å². The van der Waals surface area contributed by atoms with E-state index in [4.69, 9.17) is 0 Å². The minimum atomic E-state index is -0.809. The zero-order valence-corrected chi connectivity index (χ0v) is 11.4. The molecule has 0 saturated carbocycles. The third kappa shape index (κ3) is 2.05. The van der Waals surface area contributed by atoms with Gasteiger partial charge in [0, 0.05) is 11.4 Å². The van der Waals surface area contributed by atoms with E-state index in [0.29, 0.717) is 0 Å². The number of anilines is 2. The Morgan fingerprint density at radius 2 is 1.45 bits per heavy atom. The SMILES string of the molecule is C[C@@H](C(=O)O)N1c2ccccc2CCc2ccccc21. The number of carbonyl (C=O) groups is 1. The summed E-state index contributed by atoms with van der Waals surface area (Å²) in [6, 6.07) is 15.6. The Bertz CT molecular complexity index is 603. The van der Waals surface area contributed by atoms with Crippen LogP contribution in [0.15, 0.2) is 48.5 Å². The Balaban J connectivity index is 2.21. The monoisotopic (exact) mass is 267 g/mol. The van der Waals surface area contributed by atoms with E-state index in [-0.39, 0.29) is 0 Å². The van der Waals surface area contributed by atoms with E-state index in [9.17, 15) is 9.90 Å². The number of benzene rings is 2. The predicted molar refractivity (Wildman–Crippen MR) is 79.5 cm³/mol. The minimum Gasteiger partial charge on any atom is -0.480 e. The van der Waals surface area contributed by atoms with Gasteiger partial charge >= 0.3 is 5.97 Å². The molecule has 1 heterocycles. The molecule has 1 aliphatic heterocycles. The molecule has 3 nitrogen and oxygen atoms in total. The van der Waals surface area contributed by atoms with Gasteiger partial charge in [-0.1, -0.05) is 36.4 Å². The molecule has 0 fully saturated rings. The predicted octanol–water partition coefficient (Wildman–Crippen LogP) is 3.40. The van der Waals surface area contributed by atoms with Crippen LogP contribution in [0.3, 0.4) is 0 Å². The third-order valence-corrected chi connectivity index (χ3v) is 3.91. The summed E-state index contributed by atoms with van der Waals surface area (Å²) in [5, 5.41) is 9.44. The van der Waals surface area contributed by atoms with E-state index in [1.165, 1.54) is 11.1 Å². The van der Waals surface area contributed by atoms with Gasteiger partial charge in [0.05, 0.1) is 0 Å². The van der Waals surface area contributed by atoms with E-state index in [2.05, 4.69) is 12.1 Å². The van der Waals surface area contributed by atoms with Gasteiger partial charge in [0.1, 0.15) is 6.04 Å². The van der Waals surface area contributed by atoms with E-state index in [1.54, 1.807) is 6.92 Å². The van der Waals surface area contributed by atoms with E-state index in [1.807, 2.05) is 41.3 Å². The van der Waals surface area contributed by atoms with Gasteiger partial charge in [0.15, 0.2) is 0 Å². The van der Waals surface area contributed by atoms with Crippen molar-refractivity contribution in [2.24, 2.45) is 0 Å². The summed E-state index contributed by atoms with van der Waals surface area (Å²) in [4.78, 5) is 13.4. The average Bonchev–Trinajstić information content (AvgIpc) is 2.63. The summed E-state index contributed by atoms with van der Waals surface area (Å²) in [7, 11) is 0. The van der Waals surface area contributed by atoms with Crippen LogP contribution >= 0.6 is 0 Å². The van der Waals surface area contributed by atoms with E-state index >= 15 is 0 Å². The Morgan fingerprint density at radius 3 is 1.90 bits per heavy atom. The number of rotatable bonds is 2. The van der Waals surface area contributed by atoms with Gasteiger partial charge in [-0.15, -0.1) is 0 Å². The number of carboxylic acid groups (broad SMARTS) is 1. The molecule has 0 saturated heterocycles. The molecule has 2 aromatic carbocycles. The maximum Gasteiger partial charge on any atom is 0.326 e. The molecule has 2 aromatic rings. The van der Waals surface area contributed by atoms with Crippen molar-refractivity contribution in [2.75, 3.05) is 4.90 Å². The highest BCUT2D eigenvalue weighted by Crippen LogP contribution is 2.37. The molecule has 0 aliphatic carbocycles. The first-order chi connectivity index (χ1) is 9.68. The molecule has 20 heavy (non-hydrogen) atoms. The van der Waals surface area contributed by atoms with Crippen LogP contribution in [0, 0.1) is 0 Å². The lowest BCUT2D eigenvalue weighted by molar-refractivity contribution is -0.137. The highest BCUT2D eigenvalue weighted by molar-refractivity contribution is 5.84. The quantitative estimate of drug-likeness (QED) is 0.906. The summed E-state index contributed by atoms with van der Waals surface area (Å²) in [6.45, 7) is 1.74. The zero-order valence-electron chi connectivity index (χ0n) is 11.4. The average molecular weight is 267 g/mol. The van der Waals surface area contributed by atoms with Crippen molar-refractivity contribution in [3.05, 3.63) is 59.7 Å². The summed E-state index contributed by atoms with van der Waals surface area (Å²) in [5.74, 6) is -0.809. The lowest BCUT2D eigenvalue weighted by Gasteiger charge is -2.30. The minimum absolute atomic E-state index is 0.588. The van der Waals surface area contributed by atoms with Gasteiger partial charge in [-0.05, 0) is 43.0 Å². The van der Waals surface area contributed by atoms with Crippen LogP contribution in [0.2, 0.25) is 0 Å². The number of fused-ring (bicyclic) bond motifs is 2. The van der Waals surface area contributed by atoms with Crippen LogP contribution in [-0.2, 0) is 17.6 Å². The van der Waals surface area contributed by atoms with Crippen LogP contribution < -0.4 is 4.90 Å². The van der Waals surface area contributed by atoms with Crippen molar-refractivity contribution in [1.82, 2.24) is 0 Å². The number of aryl methyl sites for hydroxylation is 2. The van der Waals surface area contributed by atoms with Crippen molar-refractivity contribution in [3.63, 3.8) is 0 Å². The fraction of sp³-hybridized carbons (Fsp3) is 0.235. The molecule has 1 N–H and O–H groups in total. The lowest BCUT2D eigenvalue weighted by atomic mass is 10.0. The Morgan fingerprint density at radius 1 is 1.00 bits per heavy atom. The highest BCUT2D eigenvalue weighted by Gasteiger charge is 2.27. The maximum absolute atomic E-state index is 11.5. The normalized spacial score (nSPS) is 14.9. The van der Waals surface area contributed by atoms with Gasteiger partial charge in [0.25, 0.3) is 0 Å². The molecule has 102 valence electrons. The summed E-state index contributed by atoms with van der Waals surface area (Å²) >= 11 is 0. The van der Waals surface area contributed by atoms with Gasteiger partial charge in [0.2, 0.25) is 0 Å². The standard InChI is InChI=1S/C17H17NO2/c1-12(17(19)20)18-15-8-4-2-6-13(15)10-11-14-7-3-5-9-16(14)18/h2-9,12H,10-11H2,1H3,(H,19,20)/t12-/m0/s1. The fourth-order valence-corrected chi connectivity index (χ4v) is 2.84. The first-order valence-electron chi connectivity index (χ1n) is 6.86. The molecular formula is C17H17NO2. The summed E-state index contributed by atoms with van der Waals surface area (Å²) < 4.78 is 0. The van der Waals surface area contributed by atoms with Crippen molar-refractivity contribution < 1.29 is 9.90 Å². The first-order valence-corrected chi connectivity index (χ1v) is 6.86. The van der Waals surface area contributed by atoms with Crippen molar-refractivity contribution >= 4 is 17.3 Å². The van der Waals surface area contributed by atoms with Crippen LogP contribution in [0.4, 0.5) is 11.4 Å². The molecule has 3 heteroatoms. The van der Waals surface area contributed by atoms with E-state index in [0.717, 1.165) is 24.2 Å². The van der Waals surface area contributed by atoms with Gasteiger partial charge in [-0.25, -0.2) is 4.79 Å². The Kier molecular flexibility index (Phi) is 3.18. The lowest BCUT2D eigenvalue weighted by Crippen LogP contribution is -2.35. The summed E-state index contributed by atoms with van der Waals surface area (Å²) in [5.41, 5.74) is 4.42. The number of hydrogen-bond acceptors (Lipinski definition) is 2. The van der Waals surface area contributed by atoms with Crippen LogP contribution in [0.25, 0.3) is 0 Å². The van der Waals surface area contributed by atoms with Gasteiger partial charge in [-0.2, -0.15) is 0 Å². The molecule has 1 atom stereocenters. The molecule has 0 amide bonds. The smallest absolute Gasteiger partial charge is 0.326 e. The second kappa shape index (κ2) is 5.00. The van der Waals surface area contributed by atoms with Gasteiger partial charge < -0.3 is 10.0 Å². The van der Waals surface area contributed by atoms with Crippen molar-refractivity contribution in [2.45, 2.75) is 25.8 Å². The van der Waals surface area contributed by atoms with Crippen LogP contribution in [0.5, 0.6) is 0 Å². The number of aliphatic carboxylic acids is 1. The molecule has 1 aliphatic rings. The third-order valence-electron chi connectivity index (χ3n) is 3.91. The Labute approximate surface area is 118 Å². The number of nitrogens with zero attached hydrogens (tertiary/aromatic N) is 1. The molecule has 0 aromatic heterocycles. The molecule has 0 spiro atoms. The molecule has 0 unspecified atom stereocenters. The molecule has 0 bridgehead atoms. The first kappa shape index (κ1) is 12.7. The van der Waals surface area contributed by atoms with Crippen LogP contribution in [-0.4, -0.2) is 17.1 Å². The van der Waals surface area contributed by atoms with Crippen LogP contribution in [0.1, 0.15) is 18.1 Å². The van der Waals surface area contributed by atoms with Crippen molar-refractivity contribution in [1.29, 1.82) is 0 Å². The topological polar surface area (TPSA) is 40.5 Å². The number of carboxylic acids is 1. The molecule has 3 rings (SSSR count). The largest absolute Gasteiger partial charge is 0.480 e. The second-order valence-electron chi connectivity index (χ2n) is 5.14. The second-order valence-corrected chi connectivity index (χ2v) is 5.14. The number of hydrogen-bond donors (Lipinski definition) is 1. The Hall–Kier alpha value is -2.29. The zero-order chi connectivity index (χ0) is 14.1. The van der Waals surface area contributed by atoms with Crippen molar-refractivity contribution in [3.8, 4) is 0 Å². The number of para-hydroxylation sites is 2. The van der Waals surface area contributed by atoms with Gasteiger partial charge in [-0.3, -0.25) is 0 Å². The molecular weight excluding hydrogens is 250 g/mol. The highest BCUT2D eigenvalue weighted by atomic mass is 16.4. The fourth-order valence-electron chi connectivity index (χ4n) is 2.84. The molecule has 0 radical (unpaired) electrons.